The maximum Gasteiger partial charge on any atom is 0.416 e. The summed E-state index contributed by atoms with van der Waals surface area (Å²) >= 11 is 1.65. The van der Waals surface area contributed by atoms with E-state index in [0.717, 1.165) is 77.8 Å². The average molecular weight is 546 g/mol. The topological polar surface area (TPSA) is 77.5 Å². The number of aryl methyl sites for hydroxylation is 1. The third-order valence-corrected chi connectivity index (χ3v) is 7.71. The Morgan fingerprint density at radius 3 is 2.55 bits per heavy atom. The number of hydrogen-bond donors (Lipinski definition) is 2. The van der Waals surface area contributed by atoms with E-state index < -0.39 is 17.8 Å². The summed E-state index contributed by atoms with van der Waals surface area (Å²) in [5.74, 6) is 0.709. The van der Waals surface area contributed by atoms with E-state index in [9.17, 15) is 18.3 Å². The van der Waals surface area contributed by atoms with Crippen LogP contribution in [-0.2, 0) is 12.6 Å². The number of aliphatic hydroxyl groups excluding tert-OH is 1. The van der Waals surface area contributed by atoms with Crippen LogP contribution in [0.3, 0.4) is 0 Å². The summed E-state index contributed by atoms with van der Waals surface area (Å²) in [7, 11) is 0. The lowest BCUT2D eigenvalue weighted by Crippen LogP contribution is -2.49. The number of aromatic amines is 1. The number of benzene rings is 2. The Morgan fingerprint density at radius 2 is 1.82 bits per heavy atom. The van der Waals surface area contributed by atoms with Gasteiger partial charge in [-0.15, -0.1) is 11.3 Å². The molecule has 1 aliphatic heterocycles. The first kappa shape index (κ1) is 26.6. The summed E-state index contributed by atoms with van der Waals surface area (Å²) < 4.78 is 45.6. The highest BCUT2D eigenvalue weighted by Gasteiger charge is 2.30. The highest BCUT2D eigenvalue weighted by atomic mass is 32.1. The van der Waals surface area contributed by atoms with Gasteiger partial charge < -0.3 is 14.7 Å². The molecule has 1 aliphatic rings. The van der Waals surface area contributed by atoms with Gasteiger partial charge in [0.05, 0.1) is 27.0 Å². The summed E-state index contributed by atoms with van der Waals surface area (Å²) in [6, 6.07) is 11.0. The zero-order valence-corrected chi connectivity index (χ0v) is 21.9. The molecule has 2 aromatic carbocycles. The summed E-state index contributed by atoms with van der Waals surface area (Å²) in [6.07, 6.45) is -2.56. The van der Waals surface area contributed by atoms with Crippen LogP contribution in [0.2, 0.25) is 0 Å². The van der Waals surface area contributed by atoms with Crippen LogP contribution >= 0.6 is 11.3 Å². The Morgan fingerprint density at radius 1 is 1.08 bits per heavy atom. The van der Waals surface area contributed by atoms with Gasteiger partial charge in [-0.3, -0.25) is 10.00 Å². The Balaban J connectivity index is 1.05. The average Bonchev–Trinajstić information content (AvgIpc) is 3.52. The van der Waals surface area contributed by atoms with Crippen molar-refractivity contribution in [2.75, 3.05) is 45.9 Å². The maximum absolute atomic E-state index is 12.9. The van der Waals surface area contributed by atoms with E-state index in [1.807, 2.05) is 25.1 Å². The highest BCUT2D eigenvalue weighted by molar-refractivity contribution is 7.18. The fourth-order valence-corrected chi connectivity index (χ4v) is 5.52. The van der Waals surface area contributed by atoms with Crippen molar-refractivity contribution >= 4 is 21.6 Å². The number of rotatable bonds is 9. The molecule has 0 unspecified atom stereocenters. The molecule has 2 N–H and O–H groups in total. The molecule has 2 aromatic heterocycles. The molecule has 11 heteroatoms. The number of hydrogen-bond acceptors (Lipinski definition) is 7. The fourth-order valence-electron chi connectivity index (χ4n) is 4.71. The molecule has 1 fully saturated rings. The highest BCUT2D eigenvalue weighted by Crippen LogP contribution is 2.31. The molecule has 38 heavy (non-hydrogen) atoms. The van der Waals surface area contributed by atoms with Crippen molar-refractivity contribution in [3.63, 3.8) is 0 Å². The molecule has 0 saturated carbocycles. The molecule has 3 heterocycles. The summed E-state index contributed by atoms with van der Waals surface area (Å²) in [5.41, 5.74) is 2.70. The van der Waals surface area contributed by atoms with Gasteiger partial charge in [-0.2, -0.15) is 18.3 Å². The number of H-pyrrole nitrogens is 1. The molecule has 0 aliphatic carbocycles. The molecule has 202 valence electrons. The summed E-state index contributed by atoms with van der Waals surface area (Å²) in [6.45, 7) is 6.99. The molecule has 1 atom stereocenters. The first-order valence-corrected chi connectivity index (χ1v) is 13.4. The number of nitrogens with zero attached hydrogens (tertiary/aromatic N) is 4. The van der Waals surface area contributed by atoms with Crippen LogP contribution in [0.5, 0.6) is 5.75 Å². The molecule has 0 spiro atoms. The van der Waals surface area contributed by atoms with Crippen molar-refractivity contribution in [2.45, 2.75) is 25.6 Å². The smallest absolute Gasteiger partial charge is 0.416 e. The molecule has 1 saturated heterocycles. The molecular weight excluding hydrogens is 515 g/mol. The lowest BCUT2D eigenvalue weighted by atomic mass is 10.0. The number of β-amino-alcohol motifs (C(OH)–C–C–N with tert-alkyl or cyclic N) is 1. The Labute approximate surface area is 222 Å². The van der Waals surface area contributed by atoms with Crippen molar-refractivity contribution in [3.05, 3.63) is 64.9 Å². The minimum atomic E-state index is -4.35. The SMILES string of the molecule is Cc1nc2cc(OC[C@@H](O)CN3CCN(CCc4[nH]ncc4-c4ccc(C(F)(F)F)cc4)CC3)ccc2s1. The van der Waals surface area contributed by atoms with Gasteiger partial charge in [0.25, 0.3) is 0 Å². The number of ether oxygens (including phenoxy) is 1. The van der Waals surface area contributed by atoms with Gasteiger partial charge in [-0.1, -0.05) is 12.1 Å². The van der Waals surface area contributed by atoms with Crippen molar-refractivity contribution in [3.8, 4) is 16.9 Å². The monoisotopic (exact) mass is 545 g/mol. The number of piperazine rings is 1. The van der Waals surface area contributed by atoms with Crippen LogP contribution in [0.4, 0.5) is 13.2 Å². The second kappa shape index (κ2) is 11.4. The van der Waals surface area contributed by atoms with Crippen LogP contribution < -0.4 is 4.74 Å². The number of nitrogens with one attached hydrogen (secondary N) is 1. The van der Waals surface area contributed by atoms with Gasteiger partial charge in [-0.05, 0) is 36.8 Å². The lowest BCUT2D eigenvalue weighted by Gasteiger charge is -2.35. The summed E-state index contributed by atoms with van der Waals surface area (Å²) in [5, 5.41) is 18.6. The zero-order chi connectivity index (χ0) is 26.7. The van der Waals surface area contributed by atoms with Gasteiger partial charge >= 0.3 is 6.18 Å². The molecule has 5 rings (SSSR count). The second-order valence-corrected chi connectivity index (χ2v) is 10.8. The van der Waals surface area contributed by atoms with Crippen molar-refractivity contribution in [2.24, 2.45) is 0 Å². The lowest BCUT2D eigenvalue weighted by molar-refractivity contribution is -0.137. The van der Waals surface area contributed by atoms with Gasteiger partial charge in [0.2, 0.25) is 0 Å². The third kappa shape index (κ3) is 6.52. The van der Waals surface area contributed by atoms with Gasteiger partial charge in [-0.25, -0.2) is 4.98 Å². The fraction of sp³-hybridized carbons (Fsp3) is 0.407. The Kier molecular flexibility index (Phi) is 7.98. The Hall–Kier alpha value is -2.99. The standard InChI is InChI=1S/C27H30F3N5O2S/c1-18-32-25-14-22(6-7-26(25)38-18)37-17-21(36)16-35-12-10-34(11-13-35)9-8-24-23(15-31-33-24)19-2-4-20(5-3-19)27(28,29)30/h2-7,14-15,21,36H,8-13,16-17H2,1H3,(H,31,33)/t21-/m0/s1. The molecule has 0 radical (unpaired) electrons. The number of fused-ring (bicyclic) bond motifs is 1. The normalized spacial score (nSPS) is 16.2. The minimum absolute atomic E-state index is 0.224. The van der Waals surface area contributed by atoms with E-state index in [0.29, 0.717) is 17.9 Å². The van der Waals surface area contributed by atoms with Gasteiger partial charge in [0, 0.05) is 63.0 Å². The van der Waals surface area contributed by atoms with E-state index in [2.05, 4.69) is 25.0 Å². The molecule has 0 amide bonds. The van der Waals surface area contributed by atoms with E-state index >= 15 is 0 Å². The number of alkyl halides is 3. The third-order valence-electron chi connectivity index (χ3n) is 6.76. The molecule has 4 aromatic rings. The predicted octanol–water partition coefficient (Wildman–Crippen LogP) is 4.61. The number of aromatic nitrogens is 3. The van der Waals surface area contributed by atoms with Crippen LogP contribution in [0.15, 0.2) is 48.7 Å². The van der Waals surface area contributed by atoms with E-state index in [4.69, 9.17) is 4.74 Å². The maximum atomic E-state index is 12.9. The first-order valence-electron chi connectivity index (χ1n) is 12.6. The van der Waals surface area contributed by atoms with Crippen molar-refractivity contribution < 1.29 is 23.0 Å². The van der Waals surface area contributed by atoms with Crippen molar-refractivity contribution in [1.82, 2.24) is 25.0 Å². The van der Waals surface area contributed by atoms with E-state index in [1.54, 1.807) is 17.5 Å². The number of halogens is 3. The molecule has 7 nitrogen and oxygen atoms in total. The van der Waals surface area contributed by atoms with Crippen molar-refractivity contribution in [1.29, 1.82) is 0 Å². The van der Waals surface area contributed by atoms with E-state index in [1.165, 1.54) is 12.1 Å². The number of aliphatic hydroxyl groups is 1. The minimum Gasteiger partial charge on any atom is -0.491 e. The van der Waals surface area contributed by atoms with Crippen LogP contribution in [0.25, 0.3) is 21.3 Å². The van der Waals surface area contributed by atoms with Gasteiger partial charge in [0.1, 0.15) is 18.5 Å². The van der Waals surface area contributed by atoms with Crippen LogP contribution in [-0.4, -0.2) is 82.1 Å². The Bertz CT molecular complexity index is 1350. The van der Waals surface area contributed by atoms with E-state index in [-0.39, 0.29) is 6.61 Å². The predicted molar refractivity (Wildman–Crippen MR) is 141 cm³/mol. The van der Waals surface area contributed by atoms with Crippen LogP contribution in [0, 0.1) is 6.92 Å². The van der Waals surface area contributed by atoms with Gasteiger partial charge in [0.15, 0.2) is 0 Å². The zero-order valence-electron chi connectivity index (χ0n) is 21.0. The molecule has 0 bridgehead atoms. The molecular formula is C27H30F3N5O2S. The first-order chi connectivity index (χ1) is 18.2. The quantitative estimate of drug-likeness (QED) is 0.320. The largest absolute Gasteiger partial charge is 0.491 e. The van der Waals surface area contributed by atoms with Crippen LogP contribution in [0.1, 0.15) is 16.3 Å². The summed E-state index contributed by atoms with van der Waals surface area (Å²) in [4.78, 5) is 9.07. The second-order valence-electron chi connectivity index (χ2n) is 9.56. The number of thiazole rings is 1.